The van der Waals surface area contributed by atoms with Gasteiger partial charge in [-0.15, -0.1) is 0 Å². The van der Waals surface area contributed by atoms with Gasteiger partial charge in [-0.1, -0.05) is 37.6 Å². The van der Waals surface area contributed by atoms with Crippen LogP contribution in [0.25, 0.3) is 0 Å². The van der Waals surface area contributed by atoms with E-state index < -0.39 is 0 Å². The summed E-state index contributed by atoms with van der Waals surface area (Å²) >= 11 is 0. The van der Waals surface area contributed by atoms with Crippen molar-refractivity contribution in [1.29, 1.82) is 0 Å². The van der Waals surface area contributed by atoms with Crippen LogP contribution in [0.1, 0.15) is 39.5 Å². The minimum absolute atomic E-state index is 1.00. The predicted molar refractivity (Wildman–Crippen MR) is 71.5 cm³/mol. The Kier molecular flexibility index (Phi) is 10.5. The van der Waals surface area contributed by atoms with Crippen LogP contribution in [-0.4, -0.2) is 25.3 Å². The van der Waals surface area contributed by atoms with Gasteiger partial charge in [-0.3, -0.25) is 0 Å². The Morgan fingerprint density at radius 2 is 2.00 bits per heavy atom. The van der Waals surface area contributed by atoms with Gasteiger partial charge in [-0.25, -0.2) is 0 Å². The zero-order chi connectivity index (χ0) is 12.2. The molecule has 0 aliphatic heterocycles. The van der Waals surface area contributed by atoms with Gasteiger partial charge in [-0.2, -0.15) is 0 Å². The maximum Gasteiger partial charge on any atom is 0.0319 e. The zero-order valence-electron chi connectivity index (χ0n) is 11.0. The third-order valence-electron chi connectivity index (χ3n) is 2.58. The van der Waals surface area contributed by atoms with Crippen molar-refractivity contribution in [3.8, 4) is 0 Å². The summed E-state index contributed by atoms with van der Waals surface area (Å²) in [6, 6.07) is 0. The molecule has 0 radical (unpaired) electrons. The van der Waals surface area contributed by atoms with Gasteiger partial charge in [0.1, 0.15) is 0 Å². The SMILES string of the molecule is C1=CCCC(CNCC2CC2)=C1.CC.CO. The molecule has 2 rings (SSSR count). The fourth-order valence-electron chi connectivity index (χ4n) is 1.56. The lowest BCUT2D eigenvalue weighted by molar-refractivity contribution is 0.399. The summed E-state index contributed by atoms with van der Waals surface area (Å²) in [5, 5.41) is 10.5. The first-order valence-corrected chi connectivity index (χ1v) is 6.45. The van der Waals surface area contributed by atoms with Crippen molar-refractivity contribution < 1.29 is 5.11 Å². The molecular weight excluding hydrogens is 198 g/mol. The van der Waals surface area contributed by atoms with Crippen LogP contribution in [0.3, 0.4) is 0 Å². The number of aliphatic hydroxyl groups excluding tert-OH is 1. The lowest BCUT2D eigenvalue weighted by Gasteiger charge is -2.09. The van der Waals surface area contributed by atoms with Gasteiger partial charge in [0.2, 0.25) is 0 Å². The van der Waals surface area contributed by atoms with Crippen molar-refractivity contribution in [3.05, 3.63) is 23.8 Å². The van der Waals surface area contributed by atoms with E-state index in [0.717, 1.165) is 19.6 Å². The summed E-state index contributed by atoms with van der Waals surface area (Å²) in [4.78, 5) is 0. The van der Waals surface area contributed by atoms with Gasteiger partial charge in [0.05, 0.1) is 0 Å². The summed E-state index contributed by atoms with van der Waals surface area (Å²) in [5.74, 6) is 1.00. The lowest BCUT2D eigenvalue weighted by Crippen LogP contribution is -2.20. The maximum atomic E-state index is 7.00. The number of hydrogen-bond donors (Lipinski definition) is 2. The normalized spacial score (nSPS) is 17.6. The molecule has 0 atom stereocenters. The van der Waals surface area contributed by atoms with Crippen molar-refractivity contribution in [2.24, 2.45) is 5.92 Å². The smallest absolute Gasteiger partial charge is 0.0319 e. The third-order valence-corrected chi connectivity index (χ3v) is 2.58. The molecule has 0 aromatic carbocycles. The van der Waals surface area contributed by atoms with E-state index in [1.807, 2.05) is 13.8 Å². The molecule has 1 saturated carbocycles. The quantitative estimate of drug-likeness (QED) is 0.771. The molecule has 2 heteroatoms. The molecule has 0 aromatic heterocycles. The first-order chi connectivity index (χ1) is 7.95. The monoisotopic (exact) mass is 225 g/mol. The van der Waals surface area contributed by atoms with Crippen LogP contribution in [0.2, 0.25) is 0 Å². The van der Waals surface area contributed by atoms with Crippen molar-refractivity contribution in [3.63, 3.8) is 0 Å². The van der Waals surface area contributed by atoms with Crippen molar-refractivity contribution in [2.45, 2.75) is 39.5 Å². The average Bonchev–Trinajstić information content (AvgIpc) is 3.20. The van der Waals surface area contributed by atoms with Gasteiger partial charge < -0.3 is 10.4 Å². The number of hydrogen-bond acceptors (Lipinski definition) is 2. The van der Waals surface area contributed by atoms with Crippen LogP contribution >= 0.6 is 0 Å². The fourth-order valence-corrected chi connectivity index (χ4v) is 1.56. The molecule has 94 valence electrons. The molecule has 0 amide bonds. The highest BCUT2D eigenvalue weighted by atomic mass is 16.2. The van der Waals surface area contributed by atoms with Gasteiger partial charge in [0.15, 0.2) is 0 Å². The maximum absolute atomic E-state index is 7.00. The Balaban J connectivity index is 0.000000509. The van der Waals surface area contributed by atoms with Crippen LogP contribution in [-0.2, 0) is 0 Å². The molecule has 2 aliphatic carbocycles. The van der Waals surface area contributed by atoms with E-state index in [2.05, 4.69) is 23.5 Å². The van der Waals surface area contributed by atoms with E-state index in [0.29, 0.717) is 0 Å². The number of allylic oxidation sites excluding steroid dienone is 3. The Bertz CT molecular complexity index is 205. The van der Waals surface area contributed by atoms with E-state index in [1.54, 1.807) is 5.57 Å². The Labute approximate surface area is 100 Å². The Morgan fingerprint density at radius 3 is 2.50 bits per heavy atom. The summed E-state index contributed by atoms with van der Waals surface area (Å²) < 4.78 is 0. The molecule has 16 heavy (non-hydrogen) atoms. The van der Waals surface area contributed by atoms with Gasteiger partial charge in [0.25, 0.3) is 0 Å². The van der Waals surface area contributed by atoms with Gasteiger partial charge >= 0.3 is 0 Å². The topological polar surface area (TPSA) is 32.3 Å². The van der Waals surface area contributed by atoms with E-state index >= 15 is 0 Å². The highest BCUT2D eigenvalue weighted by Crippen LogP contribution is 2.27. The van der Waals surface area contributed by atoms with Crippen LogP contribution in [0.15, 0.2) is 23.8 Å². The van der Waals surface area contributed by atoms with Crippen molar-refractivity contribution in [1.82, 2.24) is 5.32 Å². The van der Waals surface area contributed by atoms with Crippen LogP contribution < -0.4 is 5.32 Å². The van der Waals surface area contributed by atoms with Crippen molar-refractivity contribution >= 4 is 0 Å². The predicted octanol–water partition coefficient (Wildman–Crippen LogP) is 2.90. The fraction of sp³-hybridized carbons (Fsp3) is 0.714. The summed E-state index contributed by atoms with van der Waals surface area (Å²) in [7, 11) is 1.00. The molecule has 2 nitrogen and oxygen atoms in total. The molecular formula is C14H27NO. The average molecular weight is 225 g/mol. The second-order valence-electron chi connectivity index (χ2n) is 3.87. The number of aliphatic hydroxyl groups is 1. The van der Waals surface area contributed by atoms with E-state index in [1.165, 1.54) is 32.2 Å². The largest absolute Gasteiger partial charge is 0.400 e. The van der Waals surface area contributed by atoms with E-state index in [4.69, 9.17) is 5.11 Å². The summed E-state index contributed by atoms with van der Waals surface area (Å²) in [6.07, 6.45) is 12.1. The van der Waals surface area contributed by atoms with Gasteiger partial charge in [0, 0.05) is 13.7 Å². The molecule has 0 aromatic rings. The molecule has 1 fully saturated rings. The van der Waals surface area contributed by atoms with Crippen LogP contribution in [0, 0.1) is 5.92 Å². The second kappa shape index (κ2) is 10.9. The van der Waals surface area contributed by atoms with Crippen LogP contribution in [0.4, 0.5) is 0 Å². The molecule has 0 saturated heterocycles. The lowest BCUT2D eigenvalue weighted by atomic mass is 10.1. The molecule has 0 unspecified atom stereocenters. The molecule has 0 spiro atoms. The Morgan fingerprint density at radius 1 is 1.31 bits per heavy atom. The van der Waals surface area contributed by atoms with E-state index in [-0.39, 0.29) is 0 Å². The number of rotatable bonds is 4. The zero-order valence-corrected chi connectivity index (χ0v) is 11.0. The Hall–Kier alpha value is -0.600. The second-order valence-corrected chi connectivity index (χ2v) is 3.87. The standard InChI is InChI=1S/C11H17N.C2H6.CH4O/c1-2-4-10(5-3-1)8-12-9-11-6-7-11;2*1-2/h1-2,4,11-12H,3,5-9H2;1-2H3;2H,1H3. The number of nitrogens with one attached hydrogen (secondary N) is 1. The third kappa shape index (κ3) is 7.66. The molecule has 0 heterocycles. The molecule has 2 N–H and O–H groups in total. The minimum atomic E-state index is 1.00. The first kappa shape index (κ1) is 15.4. The summed E-state index contributed by atoms with van der Waals surface area (Å²) in [5.41, 5.74) is 1.57. The highest BCUT2D eigenvalue weighted by Gasteiger charge is 2.20. The summed E-state index contributed by atoms with van der Waals surface area (Å²) in [6.45, 7) is 6.35. The van der Waals surface area contributed by atoms with Gasteiger partial charge in [-0.05, 0) is 38.1 Å². The van der Waals surface area contributed by atoms with Crippen molar-refractivity contribution in [2.75, 3.05) is 20.2 Å². The molecule has 0 bridgehead atoms. The first-order valence-electron chi connectivity index (χ1n) is 6.45. The van der Waals surface area contributed by atoms with E-state index in [9.17, 15) is 0 Å². The van der Waals surface area contributed by atoms with Crippen LogP contribution in [0.5, 0.6) is 0 Å². The minimum Gasteiger partial charge on any atom is -0.400 e. The molecule has 2 aliphatic rings. The highest BCUT2D eigenvalue weighted by molar-refractivity contribution is 5.18.